The average Bonchev–Trinajstić information content (AvgIpc) is 2.78. The van der Waals surface area contributed by atoms with Crippen molar-refractivity contribution in [3.63, 3.8) is 0 Å². The topological polar surface area (TPSA) is 84.9 Å². The standard InChI is InChI=1S/C15H13NO5/c1-20-13-9-10(7-8-11(13)17)5-3-2-4-6-12-14(18)16-15(19)21-12/h2-9,17H,1H3,(H,16,18,19)/b4-2+,5-3+,12-6+. The molecule has 2 amide bonds. The van der Waals surface area contributed by atoms with Gasteiger partial charge in [-0.05, 0) is 23.8 Å². The fraction of sp³-hybridized carbons (Fsp3) is 0.0667. The van der Waals surface area contributed by atoms with E-state index in [1.54, 1.807) is 36.4 Å². The molecule has 0 aromatic heterocycles. The van der Waals surface area contributed by atoms with Crippen molar-refractivity contribution in [3.05, 3.63) is 53.8 Å². The van der Waals surface area contributed by atoms with E-state index < -0.39 is 12.0 Å². The summed E-state index contributed by atoms with van der Waals surface area (Å²) in [4.78, 5) is 21.9. The van der Waals surface area contributed by atoms with Gasteiger partial charge in [0.05, 0.1) is 7.11 Å². The van der Waals surface area contributed by atoms with E-state index in [-0.39, 0.29) is 11.5 Å². The summed E-state index contributed by atoms with van der Waals surface area (Å²) < 4.78 is 9.62. The first kappa shape index (κ1) is 14.4. The van der Waals surface area contributed by atoms with Crippen LogP contribution >= 0.6 is 0 Å². The number of aromatic hydroxyl groups is 1. The van der Waals surface area contributed by atoms with Gasteiger partial charge in [-0.3, -0.25) is 10.1 Å². The molecule has 2 N–H and O–H groups in total. The van der Waals surface area contributed by atoms with Gasteiger partial charge in [0.1, 0.15) is 0 Å². The molecule has 1 heterocycles. The van der Waals surface area contributed by atoms with Crippen LogP contribution in [-0.2, 0) is 9.53 Å². The first-order chi connectivity index (χ1) is 10.1. The Morgan fingerprint density at radius 3 is 2.71 bits per heavy atom. The number of methoxy groups -OCH3 is 1. The van der Waals surface area contributed by atoms with Gasteiger partial charge >= 0.3 is 6.09 Å². The Balaban J connectivity index is 1.99. The minimum Gasteiger partial charge on any atom is -0.504 e. The zero-order valence-corrected chi connectivity index (χ0v) is 11.2. The molecule has 21 heavy (non-hydrogen) atoms. The Bertz CT molecular complexity index is 658. The molecule has 0 saturated carbocycles. The molecule has 2 rings (SSSR count). The van der Waals surface area contributed by atoms with Gasteiger partial charge < -0.3 is 14.6 Å². The average molecular weight is 287 g/mol. The van der Waals surface area contributed by atoms with Crippen LogP contribution in [-0.4, -0.2) is 24.2 Å². The van der Waals surface area contributed by atoms with Crippen molar-refractivity contribution in [2.24, 2.45) is 0 Å². The van der Waals surface area contributed by atoms with Gasteiger partial charge in [0.2, 0.25) is 0 Å². The fourth-order valence-electron chi connectivity index (χ4n) is 1.61. The summed E-state index contributed by atoms with van der Waals surface area (Å²) in [7, 11) is 1.47. The van der Waals surface area contributed by atoms with Gasteiger partial charge in [-0.15, -0.1) is 0 Å². The highest BCUT2D eigenvalue weighted by atomic mass is 16.6. The summed E-state index contributed by atoms with van der Waals surface area (Å²) in [6.07, 6.45) is 7.39. The lowest BCUT2D eigenvalue weighted by Gasteiger charge is -2.03. The van der Waals surface area contributed by atoms with Crippen LogP contribution in [0.5, 0.6) is 11.5 Å². The number of ether oxygens (including phenoxy) is 2. The molecule has 0 radical (unpaired) electrons. The largest absolute Gasteiger partial charge is 0.504 e. The monoisotopic (exact) mass is 287 g/mol. The molecule has 6 nitrogen and oxygen atoms in total. The number of hydrogen-bond donors (Lipinski definition) is 2. The molecular formula is C15H13NO5. The third-order valence-electron chi connectivity index (χ3n) is 2.60. The fourth-order valence-corrected chi connectivity index (χ4v) is 1.61. The molecular weight excluding hydrogens is 274 g/mol. The number of hydrogen-bond acceptors (Lipinski definition) is 5. The predicted molar refractivity (Wildman–Crippen MR) is 75.5 cm³/mol. The summed E-state index contributed by atoms with van der Waals surface area (Å²) in [5.41, 5.74) is 0.840. The number of phenolic OH excluding ortho intramolecular Hbond substituents is 1. The van der Waals surface area contributed by atoms with Crippen molar-refractivity contribution in [2.75, 3.05) is 7.11 Å². The number of alkyl carbamates (subject to hydrolysis) is 1. The van der Waals surface area contributed by atoms with Gasteiger partial charge in [0, 0.05) is 0 Å². The lowest BCUT2D eigenvalue weighted by Crippen LogP contribution is -2.18. The van der Waals surface area contributed by atoms with Gasteiger partial charge in [-0.2, -0.15) is 0 Å². The zero-order valence-electron chi connectivity index (χ0n) is 11.2. The van der Waals surface area contributed by atoms with Crippen molar-refractivity contribution >= 4 is 18.1 Å². The number of cyclic esters (lactones) is 1. The number of allylic oxidation sites excluding steroid dienone is 4. The van der Waals surface area contributed by atoms with Crippen LogP contribution in [0.2, 0.25) is 0 Å². The van der Waals surface area contributed by atoms with Crippen molar-refractivity contribution in [3.8, 4) is 11.5 Å². The van der Waals surface area contributed by atoms with Crippen LogP contribution in [0.1, 0.15) is 5.56 Å². The van der Waals surface area contributed by atoms with Crippen LogP contribution in [0, 0.1) is 0 Å². The number of imide groups is 1. The molecule has 0 aliphatic carbocycles. The number of benzene rings is 1. The number of phenols is 1. The van der Waals surface area contributed by atoms with Gasteiger partial charge in [-0.25, -0.2) is 4.79 Å². The molecule has 1 aliphatic rings. The number of nitrogens with one attached hydrogen (secondary N) is 1. The highest BCUT2D eigenvalue weighted by Gasteiger charge is 2.24. The third-order valence-corrected chi connectivity index (χ3v) is 2.60. The molecule has 108 valence electrons. The van der Waals surface area contributed by atoms with E-state index in [2.05, 4.69) is 4.74 Å². The number of carbonyl (C=O) groups is 2. The highest BCUT2D eigenvalue weighted by Crippen LogP contribution is 2.26. The Hall–Kier alpha value is -3.02. The molecule has 1 aliphatic heterocycles. The Labute approximate surface area is 121 Å². The lowest BCUT2D eigenvalue weighted by molar-refractivity contribution is -0.116. The third kappa shape index (κ3) is 3.73. The van der Waals surface area contributed by atoms with Crippen molar-refractivity contribution in [1.82, 2.24) is 5.32 Å². The molecule has 1 aromatic rings. The van der Waals surface area contributed by atoms with Crippen LogP contribution in [0.15, 0.2) is 48.3 Å². The van der Waals surface area contributed by atoms with Crippen LogP contribution in [0.4, 0.5) is 4.79 Å². The molecule has 0 spiro atoms. The summed E-state index contributed by atoms with van der Waals surface area (Å²) in [5, 5.41) is 11.5. The maximum Gasteiger partial charge on any atom is 0.419 e. The quantitative estimate of drug-likeness (QED) is 0.654. The van der Waals surface area contributed by atoms with Gasteiger partial charge in [0.25, 0.3) is 5.91 Å². The summed E-state index contributed by atoms with van der Waals surface area (Å²) in [5.74, 6) is -0.144. The van der Waals surface area contributed by atoms with Gasteiger partial charge in [0.15, 0.2) is 17.3 Å². The minimum atomic E-state index is -0.772. The lowest BCUT2D eigenvalue weighted by atomic mass is 10.2. The molecule has 0 unspecified atom stereocenters. The van der Waals surface area contributed by atoms with E-state index >= 15 is 0 Å². The predicted octanol–water partition coefficient (Wildman–Crippen LogP) is 2.12. The smallest absolute Gasteiger partial charge is 0.419 e. The van der Waals surface area contributed by atoms with Crippen molar-refractivity contribution < 1.29 is 24.2 Å². The minimum absolute atomic E-state index is 0.0454. The first-order valence-electron chi connectivity index (χ1n) is 6.05. The molecule has 0 atom stereocenters. The second-order valence-electron chi connectivity index (χ2n) is 4.05. The van der Waals surface area contributed by atoms with Crippen LogP contribution < -0.4 is 10.1 Å². The maximum atomic E-state index is 11.2. The van der Waals surface area contributed by atoms with E-state index in [1.165, 1.54) is 19.3 Å². The SMILES string of the molecule is COc1cc(/C=C/C=C/C=C2/OC(=O)NC2=O)ccc1O. The van der Waals surface area contributed by atoms with E-state index in [0.717, 1.165) is 5.56 Å². The van der Waals surface area contributed by atoms with Crippen molar-refractivity contribution in [2.45, 2.75) is 0 Å². The maximum absolute atomic E-state index is 11.2. The molecule has 1 fully saturated rings. The molecule has 1 aromatic carbocycles. The molecule has 6 heteroatoms. The number of carbonyl (C=O) groups excluding carboxylic acids is 2. The normalized spacial score (nSPS) is 16.7. The van der Waals surface area contributed by atoms with E-state index in [9.17, 15) is 14.7 Å². The Morgan fingerprint density at radius 1 is 1.24 bits per heavy atom. The Kier molecular flexibility index (Phi) is 4.40. The van der Waals surface area contributed by atoms with Crippen LogP contribution in [0.25, 0.3) is 6.08 Å². The molecule has 1 saturated heterocycles. The second-order valence-corrected chi connectivity index (χ2v) is 4.05. The first-order valence-corrected chi connectivity index (χ1v) is 6.05. The van der Waals surface area contributed by atoms with Gasteiger partial charge in [-0.1, -0.05) is 30.4 Å². The summed E-state index contributed by atoms with van der Waals surface area (Å²) in [6, 6.07) is 4.95. The summed E-state index contributed by atoms with van der Waals surface area (Å²) >= 11 is 0. The molecule has 0 bridgehead atoms. The summed E-state index contributed by atoms with van der Waals surface area (Å²) in [6.45, 7) is 0. The van der Waals surface area contributed by atoms with Crippen LogP contribution in [0.3, 0.4) is 0 Å². The number of rotatable bonds is 4. The Morgan fingerprint density at radius 2 is 2.05 bits per heavy atom. The van der Waals surface area contributed by atoms with E-state index in [0.29, 0.717) is 5.75 Å². The van der Waals surface area contributed by atoms with E-state index in [1.807, 2.05) is 5.32 Å². The van der Waals surface area contributed by atoms with E-state index in [4.69, 9.17) is 4.74 Å². The zero-order chi connectivity index (χ0) is 15.2. The highest BCUT2D eigenvalue weighted by molar-refractivity contribution is 6.07. The second kappa shape index (κ2) is 6.42. The van der Waals surface area contributed by atoms with Crippen molar-refractivity contribution in [1.29, 1.82) is 0 Å². The number of amides is 2.